The molecule has 118 valence electrons. The van der Waals surface area contributed by atoms with Crippen LogP contribution in [0.4, 0.5) is 5.69 Å². The van der Waals surface area contributed by atoms with Crippen LogP contribution in [0.5, 0.6) is 0 Å². The molecule has 1 N–H and O–H groups in total. The molecule has 0 aliphatic heterocycles. The van der Waals surface area contributed by atoms with Crippen molar-refractivity contribution >= 4 is 33.2 Å². The molecule has 0 unspecified atom stereocenters. The fraction of sp³-hybridized carbons (Fsp3) is 0.214. The van der Waals surface area contributed by atoms with E-state index in [9.17, 15) is 13.2 Å². The number of hydrogen-bond donors (Lipinski definition) is 1. The van der Waals surface area contributed by atoms with Crippen LogP contribution >= 0.6 is 11.6 Å². The van der Waals surface area contributed by atoms with Gasteiger partial charge in [-0.1, -0.05) is 23.7 Å². The Balaban J connectivity index is 2.06. The van der Waals surface area contributed by atoms with Gasteiger partial charge in [-0.05, 0) is 24.3 Å². The van der Waals surface area contributed by atoms with Crippen LogP contribution < -0.4 is 9.62 Å². The van der Waals surface area contributed by atoms with Crippen LogP contribution in [0.25, 0.3) is 0 Å². The Morgan fingerprint density at radius 3 is 2.59 bits per heavy atom. The summed E-state index contributed by atoms with van der Waals surface area (Å²) in [6.45, 7) is 0.187. The van der Waals surface area contributed by atoms with Crippen molar-refractivity contribution in [2.45, 2.75) is 0 Å². The number of sulfonamides is 1. The normalized spacial score (nSPS) is 11.2. The number of nitrogens with one attached hydrogen (secondary N) is 1. The molecular weight excluding hydrogens is 328 g/mol. The first-order valence-electron chi connectivity index (χ1n) is 6.43. The first-order chi connectivity index (χ1) is 10.4. The average molecular weight is 343 g/mol. The number of halogens is 1. The van der Waals surface area contributed by atoms with Gasteiger partial charge in [-0.2, -0.15) is 0 Å². The average Bonchev–Trinajstić information content (AvgIpc) is 2.97. The third-order valence-corrected chi connectivity index (χ3v) is 4.37. The number of carbonyl (C=O) groups is 1. The number of para-hydroxylation sites is 1. The van der Waals surface area contributed by atoms with Gasteiger partial charge in [0.1, 0.15) is 0 Å². The molecule has 1 amide bonds. The molecule has 0 fully saturated rings. The van der Waals surface area contributed by atoms with Gasteiger partial charge in [0.2, 0.25) is 10.0 Å². The predicted octanol–water partition coefficient (Wildman–Crippen LogP) is 2.13. The Morgan fingerprint density at radius 1 is 1.27 bits per heavy atom. The van der Waals surface area contributed by atoms with E-state index in [2.05, 4.69) is 5.32 Å². The number of anilines is 1. The Labute approximate surface area is 133 Å². The van der Waals surface area contributed by atoms with Crippen LogP contribution in [0, 0.1) is 0 Å². The van der Waals surface area contributed by atoms with Crippen molar-refractivity contribution in [3.05, 3.63) is 53.4 Å². The van der Waals surface area contributed by atoms with Gasteiger partial charge in [-0.25, -0.2) is 8.42 Å². The highest BCUT2D eigenvalue weighted by atomic mass is 35.5. The largest absolute Gasteiger partial charge is 0.459 e. The Hall–Kier alpha value is -1.99. The second-order valence-electron chi connectivity index (χ2n) is 4.52. The smallest absolute Gasteiger partial charge is 0.287 e. The molecule has 2 aromatic rings. The van der Waals surface area contributed by atoms with Gasteiger partial charge in [0, 0.05) is 6.54 Å². The molecule has 1 aromatic heterocycles. The summed E-state index contributed by atoms with van der Waals surface area (Å²) in [5.74, 6) is -0.235. The zero-order valence-electron chi connectivity index (χ0n) is 11.8. The second-order valence-corrected chi connectivity index (χ2v) is 6.83. The fourth-order valence-corrected chi connectivity index (χ4v) is 3.11. The van der Waals surface area contributed by atoms with Gasteiger partial charge in [-0.3, -0.25) is 9.10 Å². The minimum absolute atomic E-state index is 0.0645. The van der Waals surface area contributed by atoms with Crippen LogP contribution in [0.2, 0.25) is 5.02 Å². The first kappa shape index (κ1) is 16.4. The number of rotatable bonds is 6. The van der Waals surface area contributed by atoms with E-state index in [4.69, 9.17) is 16.0 Å². The Bertz CT molecular complexity index is 744. The monoisotopic (exact) mass is 342 g/mol. The molecule has 6 nitrogen and oxygen atoms in total. The molecule has 22 heavy (non-hydrogen) atoms. The molecule has 1 aromatic carbocycles. The van der Waals surface area contributed by atoms with Crippen molar-refractivity contribution < 1.29 is 17.6 Å². The summed E-state index contributed by atoms with van der Waals surface area (Å²) in [6, 6.07) is 9.75. The second kappa shape index (κ2) is 6.85. The first-order valence-corrected chi connectivity index (χ1v) is 8.66. The van der Waals surface area contributed by atoms with E-state index in [0.29, 0.717) is 10.7 Å². The van der Waals surface area contributed by atoms with Crippen molar-refractivity contribution in [3.63, 3.8) is 0 Å². The quantitative estimate of drug-likeness (QED) is 0.872. The molecule has 2 rings (SSSR count). The number of amides is 1. The lowest BCUT2D eigenvalue weighted by Crippen LogP contribution is -2.38. The van der Waals surface area contributed by atoms with Crippen molar-refractivity contribution in [1.82, 2.24) is 5.32 Å². The van der Waals surface area contributed by atoms with E-state index in [1.54, 1.807) is 30.3 Å². The van der Waals surface area contributed by atoms with Crippen LogP contribution in [0.15, 0.2) is 47.1 Å². The van der Waals surface area contributed by atoms with Gasteiger partial charge < -0.3 is 9.73 Å². The number of hydrogen-bond acceptors (Lipinski definition) is 4. The summed E-state index contributed by atoms with van der Waals surface area (Å²) >= 11 is 6.04. The summed E-state index contributed by atoms with van der Waals surface area (Å²) in [6.07, 6.45) is 2.48. The molecule has 0 atom stereocenters. The summed E-state index contributed by atoms with van der Waals surface area (Å²) in [5.41, 5.74) is 0.374. The van der Waals surface area contributed by atoms with E-state index >= 15 is 0 Å². The predicted molar refractivity (Wildman–Crippen MR) is 84.7 cm³/mol. The minimum Gasteiger partial charge on any atom is -0.459 e. The highest BCUT2D eigenvalue weighted by Crippen LogP contribution is 2.26. The number of benzene rings is 1. The molecule has 0 aliphatic carbocycles. The molecule has 0 bridgehead atoms. The van der Waals surface area contributed by atoms with Crippen LogP contribution in [-0.4, -0.2) is 33.7 Å². The van der Waals surface area contributed by atoms with E-state index in [1.165, 1.54) is 12.3 Å². The Morgan fingerprint density at radius 2 is 2.00 bits per heavy atom. The van der Waals surface area contributed by atoms with Gasteiger partial charge in [0.05, 0.1) is 29.8 Å². The lowest BCUT2D eigenvalue weighted by molar-refractivity contribution is 0.0927. The van der Waals surface area contributed by atoms with Crippen LogP contribution in [-0.2, 0) is 10.0 Å². The molecule has 0 saturated heterocycles. The van der Waals surface area contributed by atoms with Gasteiger partial charge in [0.25, 0.3) is 5.91 Å². The van der Waals surface area contributed by atoms with Gasteiger partial charge in [0.15, 0.2) is 5.76 Å². The van der Waals surface area contributed by atoms with Crippen LogP contribution in [0.1, 0.15) is 10.6 Å². The molecule has 0 spiro atoms. The van der Waals surface area contributed by atoms with Gasteiger partial charge >= 0.3 is 0 Å². The molecule has 0 aliphatic rings. The molecule has 0 radical (unpaired) electrons. The molecule has 1 heterocycles. The summed E-state index contributed by atoms with van der Waals surface area (Å²) in [5, 5.41) is 2.92. The van der Waals surface area contributed by atoms with Crippen molar-refractivity contribution in [1.29, 1.82) is 0 Å². The standard InChI is InChI=1S/C14H15ClN2O4S/c1-22(19,20)17(12-6-3-2-5-11(12)15)9-8-16-14(18)13-7-4-10-21-13/h2-7,10H,8-9H2,1H3,(H,16,18). The zero-order valence-corrected chi connectivity index (χ0v) is 13.4. The topological polar surface area (TPSA) is 79.6 Å². The SMILES string of the molecule is CS(=O)(=O)N(CCNC(=O)c1ccco1)c1ccccc1Cl. The fourth-order valence-electron chi connectivity index (χ4n) is 1.88. The van der Waals surface area contributed by atoms with Crippen molar-refractivity contribution in [2.75, 3.05) is 23.7 Å². The van der Waals surface area contributed by atoms with Crippen molar-refractivity contribution in [3.8, 4) is 0 Å². The summed E-state index contributed by atoms with van der Waals surface area (Å²) in [7, 11) is -3.52. The molecule has 8 heteroatoms. The van der Waals surface area contributed by atoms with Crippen molar-refractivity contribution in [2.24, 2.45) is 0 Å². The van der Waals surface area contributed by atoms with E-state index in [0.717, 1.165) is 10.6 Å². The summed E-state index contributed by atoms with van der Waals surface area (Å²) in [4.78, 5) is 11.7. The lowest BCUT2D eigenvalue weighted by Gasteiger charge is -2.23. The third kappa shape index (κ3) is 4.02. The lowest BCUT2D eigenvalue weighted by atomic mass is 10.3. The molecule has 0 saturated carbocycles. The number of nitrogens with zero attached hydrogens (tertiary/aromatic N) is 1. The molecular formula is C14H15ClN2O4S. The maximum atomic E-state index is 11.9. The highest BCUT2D eigenvalue weighted by molar-refractivity contribution is 7.92. The Kier molecular flexibility index (Phi) is 5.10. The minimum atomic E-state index is -3.52. The highest BCUT2D eigenvalue weighted by Gasteiger charge is 2.20. The summed E-state index contributed by atoms with van der Waals surface area (Å²) < 4.78 is 30.0. The zero-order chi connectivity index (χ0) is 16.2. The maximum Gasteiger partial charge on any atom is 0.287 e. The van der Waals surface area contributed by atoms with E-state index < -0.39 is 15.9 Å². The van der Waals surface area contributed by atoms with E-state index in [-0.39, 0.29) is 18.8 Å². The third-order valence-electron chi connectivity index (χ3n) is 2.87. The van der Waals surface area contributed by atoms with Gasteiger partial charge in [-0.15, -0.1) is 0 Å². The van der Waals surface area contributed by atoms with E-state index in [1.807, 2.05) is 0 Å². The maximum absolute atomic E-state index is 11.9. The number of furan rings is 1. The van der Waals surface area contributed by atoms with Crippen LogP contribution in [0.3, 0.4) is 0 Å². The number of carbonyl (C=O) groups excluding carboxylic acids is 1.